The Balaban J connectivity index is 2.20. The van der Waals surface area contributed by atoms with Gasteiger partial charge in [-0.1, -0.05) is 0 Å². The van der Waals surface area contributed by atoms with Gasteiger partial charge >= 0.3 is 5.97 Å². The molecule has 1 atom stereocenters. The monoisotopic (exact) mass is 386 g/mol. The highest BCUT2D eigenvalue weighted by molar-refractivity contribution is 7.12. The second kappa shape index (κ2) is 7.11. The average molecular weight is 386 g/mol. The molecule has 0 unspecified atom stereocenters. The summed E-state index contributed by atoms with van der Waals surface area (Å²) in [7, 11) is 0. The van der Waals surface area contributed by atoms with E-state index < -0.39 is 17.9 Å². The first-order valence-electron chi connectivity index (χ1n) is 8.68. The third kappa shape index (κ3) is 3.57. The van der Waals surface area contributed by atoms with E-state index in [0.29, 0.717) is 22.3 Å². The molecule has 0 aromatic carbocycles. The third-order valence-electron chi connectivity index (χ3n) is 4.34. The Morgan fingerprint density at radius 1 is 1.22 bits per heavy atom. The Bertz CT molecular complexity index is 1040. The van der Waals surface area contributed by atoms with Crippen molar-refractivity contribution in [1.29, 1.82) is 0 Å². The molecule has 0 spiro atoms. The minimum Gasteiger partial charge on any atom is -0.480 e. The maximum atomic E-state index is 12.8. The van der Waals surface area contributed by atoms with Crippen LogP contribution in [0.15, 0.2) is 18.3 Å². The Kier molecular flexibility index (Phi) is 5.01. The van der Waals surface area contributed by atoms with E-state index in [4.69, 9.17) is 10.1 Å². The topological polar surface area (TPSA) is 97.1 Å². The number of carboxylic acids is 1. The largest absolute Gasteiger partial charge is 0.480 e. The maximum Gasteiger partial charge on any atom is 0.325 e. The van der Waals surface area contributed by atoms with Crippen LogP contribution in [0, 0.1) is 13.8 Å². The number of amides is 1. The number of aryl methyl sites for hydroxylation is 2. The number of nitrogens with zero attached hydrogens (tertiary/aromatic N) is 3. The number of hydrogen-bond acceptors (Lipinski definition) is 5. The lowest BCUT2D eigenvalue weighted by Crippen LogP contribution is -2.38. The number of rotatable bonds is 5. The van der Waals surface area contributed by atoms with Crippen LogP contribution in [0.3, 0.4) is 0 Å². The quantitative estimate of drug-likeness (QED) is 0.699. The molecule has 3 heterocycles. The second-order valence-electron chi connectivity index (χ2n) is 6.84. The van der Waals surface area contributed by atoms with Gasteiger partial charge in [-0.3, -0.25) is 9.59 Å². The summed E-state index contributed by atoms with van der Waals surface area (Å²) in [6.45, 7) is 9.47. The van der Waals surface area contributed by atoms with Crippen LogP contribution in [-0.4, -0.2) is 37.8 Å². The lowest BCUT2D eigenvalue weighted by atomic mass is 10.1. The van der Waals surface area contributed by atoms with Crippen LogP contribution in [-0.2, 0) is 4.79 Å². The van der Waals surface area contributed by atoms with Crippen molar-refractivity contribution >= 4 is 34.2 Å². The normalized spacial score (nSPS) is 12.5. The number of pyridine rings is 1. The summed E-state index contributed by atoms with van der Waals surface area (Å²) < 4.78 is 1.77. The van der Waals surface area contributed by atoms with Gasteiger partial charge in [-0.15, -0.1) is 11.3 Å². The van der Waals surface area contributed by atoms with Crippen molar-refractivity contribution in [3.63, 3.8) is 0 Å². The molecule has 142 valence electrons. The zero-order valence-electron chi connectivity index (χ0n) is 15.9. The van der Waals surface area contributed by atoms with Gasteiger partial charge in [0.1, 0.15) is 6.04 Å². The first-order valence-corrected chi connectivity index (χ1v) is 9.50. The summed E-state index contributed by atoms with van der Waals surface area (Å²) in [4.78, 5) is 30.9. The SMILES string of the molecule is Cc1cc(-c2cc(C(=O)N[C@H](C)C(=O)O)c3cnn(C(C)C)c3n2)c(C)s1. The molecule has 2 N–H and O–H groups in total. The first kappa shape index (κ1) is 19.0. The molecule has 0 radical (unpaired) electrons. The van der Waals surface area contributed by atoms with E-state index in [9.17, 15) is 9.59 Å². The van der Waals surface area contributed by atoms with E-state index in [1.54, 1.807) is 28.3 Å². The summed E-state index contributed by atoms with van der Waals surface area (Å²) in [6.07, 6.45) is 1.61. The van der Waals surface area contributed by atoms with Crippen molar-refractivity contribution in [3.8, 4) is 11.3 Å². The molecule has 1 amide bonds. The van der Waals surface area contributed by atoms with Crippen LogP contribution in [0.2, 0.25) is 0 Å². The van der Waals surface area contributed by atoms with Crippen molar-refractivity contribution < 1.29 is 14.7 Å². The number of hydrogen-bond donors (Lipinski definition) is 2. The minimum atomic E-state index is -1.09. The first-order chi connectivity index (χ1) is 12.7. The highest BCUT2D eigenvalue weighted by Gasteiger charge is 2.22. The van der Waals surface area contributed by atoms with E-state index in [-0.39, 0.29) is 6.04 Å². The van der Waals surface area contributed by atoms with Gasteiger partial charge in [-0.25, -0.2) is 9.67 Å². The maximum absolute atomic E-state index is 12.8. The molecule has 7 nitrogen and oxygen atoms in total. The van der Waals surface area contributed by atoms with Gasteiger partial charge < -0.3 is 10.4 Å². The Morgan fingerprint density at radius 2 is 1.93 bits per heavy atom. The number of carbonyl (C=O) groups excluding carboxylic acids is 1. The number of thiophene rings is 1. The number of carboxylic acid groups (broad SMARTS) is 1. The standard InChI is InChI=1S/C19H22N4O3S/c1-9(2)23-17-15(8-20-23)14(18(24)21-11(4)19(25)26)7-16(22-17)13-6-10(3)27-12(13)5/h6-9,11H,1-5H3,(H,21,24)(H,25,26)/t11-/m1/s1. The molecular formula is C19H22N4O3S. The number of nitrogens with one attached hydrogen (secondary N) is 1. The number of aromatic nitrogens is 3. The molecule has 0 fully saturated rings. The van der Waals surface area contributed by atoms with Gasteiger partial charge in [0.2, 0.25) is 0 Å². The second-order valence-corrected chi connectivity index (χ2v) is 8.30. The van der Waals surface area contributed by atoms with E-state index in [1.165, 1.54) is 6.92 Å². The van der Waals surface area contributed by atoms with Gasteiger partial charge in [0.15, 0.2) is 5.65 Å². The predicted molar refractivity (Wildman–Crippen MR) is 105 cm³/mol. The molecule has 0 saturated heterocycles. The molecule has 0 aliphatic heterocycles. The molecular weight excluding hydrogens is 364 g/mol. The Labute approximate surface area is 161 Å². The molecule has 3 aromatic heterocycles. The fourth-order valence-electron chi connectivity index (χ4n) is 2.94. The van der Waals surface area contributed by atoms with Crippen molar-refractivity contribution in [3.05, 3.63) is 33.6 Å². The zero-order chi connectivity index (χ0) is 19.9. The molecule has 0 saturated carbocycles. The molecule has 0 aliphatic carbocycles. The van der Waals surface area contributed by atoms with Gasteiger partial charge in [0.25, 0.3) is 5.91 Å². The summed E-state index contributed by atoms with van der Waals surface area (Å²) in [5.74, 6) is -1.54. The van der Waals surface area contributed by atoms with Crippen LogP contribution in [0.25, 0.3) is 22.3 Å². The summed E-state index contributed by atoms with van der Waals surface area (Å²) in [5.41, 5.74) is 2.63. The van der Waals surface area contributed by atoms with Gasteiger partial charge in [0, 0.05) is 21.4 Å². The van der Waals surface area contributed by atoms with Gasteiger partial charge in [-0.2, -0.15) is 5.10 Å². The Hall–Kier alpha value is -2.74. The predicted octanol–water partition coefficient (Wildman–Crippen LogP) is 3.56. The summed E-state index contributed by atoms with van der Waals surface area (Å²) in [6, 6.07) is 2.85. The third-order valence-corrected chi connectivity index (χ3v) is 5.30. The summed E-state index contributed by atoms with van der Waals surface area (Å²) in [5, 5.41) is 16.6. The van der Waals surface area contributed by atoms with Crippen LogP contribution < -0.4 is 5.32 Å². The van der Waals surface area contributed by atoms with Gasteiger partial charge in [0.05, 0.1) is 22.8 Å². The van der Waals surface area contributed by atoms with Gasteiger partial charge in [-0.05, 0) is 46.8 Å². The fraction of sp³-hybridized carbons (Fsp3) is 0.368. The highest BCUT2D eigenvalue weighted by Crippen LogP contribution is 2.32. The molecule has 0 bridgehead atoms. The molecule has 27 heavy (non-hydrogen) atoms. The average Bonchev–Trinajstić information content (AvgIpc) is 3.16. The van der Waals surface area contributed by atoms with Crippen molar-refractivity contribution in [2.75, 3.05) is 0 Å². The highest BCUT2D eigenvalue weighted by atomic mass is 32.1. The smallest absolute Gasteiger partial charge is 0.325 e. The zero-order valence-corrected chi connectivity index (χ0v) is 16.7. The minimum absolute atomic E-state index is 0.0735. The van der Waals surface area contributed by atoms with Crippen LogP contribution in [0.4, 0.5) is 0 Å². The van der Waals surface area contributed by atoms with E-state index in [0.717, 1.165) is 15.3 Å². The van der Waals surface area contributed by atoms with E-state index in [2.05, 4.69) is 10.4 Å². The number of aliphatic carboxylic acids is 1. The van der Waals surface area contributed by atoms with Crippen molar-refractivity contribution in [2.24, 2.45) is 0 Å². The lowest BCUT2D eigenvalue weighted by molar-refractivity contribution is -0.138. The molecule has 3 aromatic rings. The fourth-order valence-corrected chi connectivity index (χ4v) is 3.88. The Morgan fingerprint density at radius 3 is 2.48 bits per heavy atom. The van der Waals surface area contributed by atoms with Crippen LogP contribution in [0.1, 0.15) is 46.9 Å². The lowest BCUT2D eigenvalue weighted by Gasteiger charge is -2.12. The van der Waals surface area contributed by atoms with Crippen LogP contribution in [0.5, 0.6) is 0 Å². The summed E-state index contributed by atoms with van der Waals surface area (Å²) >= 11 is 1.67. The van der Waals surface area contributed by atoms with E-state index >= 15 is 0 Å². The van der Waals surface area contributed by atoms with Crippen LogP contribution >= 0.6 is 11.3 Å². The number of carbonyl (C=O) groups is 2. The molecule has 3 rings (SSSR count). The molecule has 8 heteroatoms. The van der Waals surface area contributed by atoms with Crippen molar-refractivity contribution in [2.45, 2.75) is 46.7 Å². The number of fused-ring (bicyclic) bond motifs is 1. The van der Waals surface area contributed by atoms with Crippen molar-refractivity contribution in [1.82, 2.24) is 20.1 Å². The molecule has 0 aliphatic rings. The van der Waals surface area contributed by atoms with E-state index in [1.807, 2.05) is 33.8 Å².